The van der Waals surface area contributed by atoms with Gasteiger partial charge in [-0.1, -0.05) is 16.8 Å². The van der Waals surface area contributed by atoms with E-state index < -0.39 is 0 Å². The number of hydrogen-bond donors (Lipinski definition) is 1. The van der Waals surface area contributed by atoms with Crippen LogP contribution in [0.2, 0.25) is 5.02 Å². The molecule has 0 saturated heterocycles. The Kier molecular flexibility index (Phi) is 5.02. The van der Waals surface area contributed by atoms with Crippen molar-refractivity contribution in [1.82, 2.24) is 15.5 Å². The van der Waals surface area contributed by atoms with E-state index in [4.69, 9.17) is 16.1 Å². The second kappa shape index (κ2) is 7.42. The molecule has 1 aliphatic rings. The quantitative estimate of drug-likeness (QED) is 0.592. The van der Waals surface area contributed by atoms with Crippen molar-refractivity contribution in [2.75, 3.05) is 6.26 Å². The molecule has 0 aliphatic heterocycles. The fraction of sp³-hybridized carbons (Fsp3) is 0.278. The normalized spacial score (nSPS) is 13.8. The maximum Gasteiger partial charge on any atom is 0.259 e. The molecule has 0 spiro atoms. The topological polar surface area (TPSA) is 68.0 Å². The Bertz CT molecular complexity index is 950. The molecule has 0 radical (unpaired) electrons. The van der Waals surface area contributed by atoms with Crippen LogP contribution in [0.1, 0.15) is 17.7 Å². The van der Waals surface area contributed by atoms with E-state index in [9.17, 15) is 4.79 Å². The summed E-state index contributed by atoms with van der Waals surface area (Å²) in [6, 6.07) is 9.65. The van der Waals surface area contributed by atoms with Crippen LogP contribution in [0.3, 0.4) is 0 Å². The minimum absolute atomic E-state index is 0.144. The molecule has 134 valence electrons. The van der Waals surface area contributed by atoms with Gasteiger partial charge in [-0.25, -0.2) is 0 Å². The molecule has 0 atom stereocenters. The van der Waals surface area contributed by atoms with Gasteiger partial charge in [0.15, 0.2) is 0 Å². The first-order valence-corrected chi connectivity index (χ1v) is 10.6. The number of benzene rings is 1. The van der Waals surface area contributed by atoms with E-state index in [-0.39, 0.29) is 11.8 Å². The molecule has 8 heteroatoms. The second-order valence-electron chi connectivity index (χ2n) is 6.03. The smallest absolute Gasteiger partial charge is 0.259 e. The largest absolute Gasteiger partial charge is 0.351 e. The van der Waals surface area contributed by atoms with Crippen LogP contribution in [0, 0.1) is 5.92 Å². The first-order chi connectivity index (χ1) is 12.6. The van der Waals surface area contributed by atoms with Gasteiger partial charge in [-0.15, -0.1) is 23.1 Å². The molecule has 0 bridgehead atoms. The molecule has 3 aromatic rings. The van der Waals surface area contributed by atoms with E-state index in [2.05, 4.69) is 15.5 Å². The molecule has 4 rings (SSSR count). The molecule has 1 aromatic carbocycles. The zero-order valence-corrected chi connectivity index (χ0v) is 16.4. The SMILES string of the molecule is CSc1ccc(Cl)c(-c2nc(-c3ccc(CNC(=O)C4CC4)s3)no2)c1. The van der Waals surface area contributed by atoms with Gasteiger partial charge in [0.1, 0.15) is 0 Å². The van der Waals surface area contributed by atoms with Crippen molar-refractivity contribution in [1.29, 1.82) is 0 Å². The van der Waals surface area contributed by atoms with E-state index in [1.165, 1.54) is 0 Å². The highest BCUT2D eigenvalue weighted by Gasteiger charge is 2.29. The van der Waals surface area contributed by atoms with E-state index in [0.29, 0.717) is 23.3 Å². The number of aromatic nitrogens is 2. The van der Waals surface area contributed by atoms with Crippen molar-refractivity contribution in [2.45, 2.75) is 24.3 Å². The molecule has 1 amide bonds. The lowest BCUT2D eigenvalue weighted by Crippen LogP contribution is -2.23. The van der Waals surface area contributed by atoms with E-state index in [1.54, 1.807) is 23.1 Å². The Morgan fingerprint density at radius 2 is 2.23 bits per heavy atom. The predicted octanol–water partition coefficient (Wildman–Crippen LogP) is 4.87. The zero-order chi connectivity index (χ0) is 18.1. The Labute approximate surface area is 164 Å². The second-order valence-corrected chi connectivity index (χ2v) is 8.48. The van der Waals surface area contributed by atoms with Crippen LogP contribution in [0.15, 0.2) is 39.8 Å². The van der Waals surface area contributed by atoms with E-state index in [1.807, 2.05) is 36.6 Å². The van der Waals surface area contributed by atoms with Gasteiger partial charge in [0.25, 0.3) is 5.89 Å². The molecule has 5 nitrogen and oxygen atoms in total. The van der Waals surface area contributed by atoms with Crippen molar-refractivity contribution in [3.63, 3.8) is 0 Å². The number of nitrogens with zero attached hydrogens (tertiary/aromatic N) is 2. The highest BCUT2D eigenvalue weighted by molar-refractivity contribution is 7.98. The van der Waals surface area contributed by atoms with Gasteiger partial charge in [-0.05, 0) is 49.4 Å². The Balaban J connectivity index is 1.50. The lowest BCUT2D eigenvalue weighted by Gasteiger charge is -2.01. The molecule has 2 heterocycles. The maximum atomic E-state index is 11.7. The number of rotatable bonds is 6. The number of carbonyl (C=O) groups is 1. The fourth-order valence-electron chi connectivity index (χ4n) is 2.49. The molecule has 1 aliphatic carbocycles. The summed E-state index contributed by atoms with van der Waals surface area (Å²) in [6.45, 7) is 0.534. The number of amides is 1. The number of carbonyl (C=O) groups excluding carboxylic acids is 1. The molecule has 1 N–H and O–H groups in total. The summed E-state index contributed by atoms with van der Waals surface area (Å²) >= 11 is 9.44. The number of halogens is 1. The van der Waals surface area contributed by atoms with Gasteiger partial charge in [0.2, 0.25) is 11.7 Å². The van der Waals surface area contributed by atoms with E-state index >= 15 is 0 Å². The number of thioether (sulfide) groups is 1. The third kappa shape index (κ3) is 3.79. The molecule has 1 fully saturated rings. The molecule has 0 unspecified atom stereocenters. The third-order valence-corrected chi connectivity index (χ3v) is 6.23. The van der Waals surface area contributed by atoms with Crippen LogP contribution in [0.5, 0.6) is 0 Å². The Morgan fingerprint density at radius 3 is 3.00 bits per heavy atom. The van der Waals surface area contributed by atoms with Crippen LogP contribution in [-0.4, -0.2) is 22.3 Å². The zero-order valence-electron chi connectivity index (χ0n) is 14.0. The van der Waals surface area contributed by atoms with Crippen molar-refractivity contribution in [3.8, 4) is 22.2 Å². The molecule has 26 heavy (non-hydrogen) atoms. The maximum absolute atomic E-state index is 11.7. The fourth-order valence-corrected chi connectivity index (χ4v) is 4.00. The molecular weight excluding hydrogens is 390 g/mol. The minimum atomic E-state index is 0.144. The lowest BCUT2D eigenvalue weighted by atomic mass is 10.2. The van der Waals surface area contributed by atoms with Gasteiger partial charge in [0.05, 0.1) is 22.0 Å². The van der Waals surface area contributed by atoms with Crippen LogP contribution in [0.4, 0.5) is 0 Å². The summed E-state index contributed by atoms with van der Waals surface area (Å²) < 4.78 is 5.41. The summed E-state index contributed by atoms with van der Waals surface area (Å²) in [5.74, 6) is 1.29. The van der Waals surface area contributed by atoms with Gasteiger partial charge >= 0.3 is 0 Å². The van der Waals surface area contributed by atoms with Crippen LogP contribution >= 0.6 is 34.7 Å². The molecule has 1 saturated carbocycles. The van der Waals surface area contributed by atoms with Gasteiger partial charge < -0.3 is 9.84 Å². The van der Waals surface area contributed by atoms with Gasteiger partial charge in [0, 0.05) is 15.7 Å². The van der Waals surface area contributed by atoms with Crippen molar-refractivity contribution in [3.05, 3.63) is 40.2 Å². The monoisotopic (exact) mass is 405 g/mol. The van der Waals surface area contributed by atoms with Crippen LogP contribution in [0.25, 0.3) is 22.2 Å². The average Bonchev–Trinajstić information content (AvgIpc) is 3.20. The van der Waals surface area contributed by atoms with Crippen LogP contribution in [-0.2, 0) is 11.3 Å². The van der Waals surface area contributed by atoms with E-state index in [0.717, 1.165) is 33.1 Å². The van der Waals surface area contributed by atoms with Crippen LogP contribution < -0.4 is 5.32 Å². The van der Waals surface area contributed by atoms with Crippen molar-refractivity contribution in [2.24, 2.45) is 5.92 Å². The number of hydrogen-bond acceptors (Lipinski definition) is 6. The first kappa shape index (κ1) is 17.6. The summed E-state index contributed by atoms with van der Waals surface area (Å²) in [6.07, 6.45) is 4.02. The molecule has 2 aromatic heterocycles. The average molecular weight is 406 g/mol. The summed E-state index contributed by atoms with van der Waals surface area (Å²) in [4.78, 5) is 19.3. The number of nitrogens with one attached hydrogen (secondary N) is 1. The van der Waals surface area contributed by atoms with Gasteiger partial charge in [-0.2, -0.15) is 4.98 Å². The summed E-state index contributed by atoms with van der Waals surface area (Å²) in [5, 5.41) is 7.62. The minimum Gasteiger partial charge on any atom is -0.351 e. The van der Waals surface area contributed by atoms with Gasteiger partial charge in [-0.3, -0.25) is 4.79 Å². The standard InChI is InChI=1S/C18H16ClN3O2S2/c1-25-11-4-6-14(19)13(8-11)18-21-16(22-24-18)15-7-5-12(26-15)9-20-17(23)10-2-3-10/h4-8,10H,2-3,9H2,1H3,(H,20,23). The first-order valence-electron chi connectivity index (χ1n) is 8.18. The van der Waals surface area contributed by atoms with Crippen molar-refractivity contribution < 1.29 is 9.32 Å². The van der Waals surface area contributed by atoms with Crippen molar-refractivity contribution >= 4 is 40.6 Å². The third-order valence-electron chi connectivity index (χ3n) is 4.10. The Hall–Kier alpha value is -1.83. The highest BCUT2D eigenvalue weighted by atomic mass is 35.5. The Morgan fingerprint density at radius 1 is 1.38 bits per heavy atom. The summed E-state index contributed by atoms with van der Waals surface area (Å²) in [7, 11) is 0. The molecular formula is C18H16ClN3O2S2. The summed E-state index contributed by atoms with van der Waals surface area (Å²) in [5.41, 5.74) is 0.728. The predicted molar refractivity (Wildman–Crippen MR) is 104 cm³/mol. The highest BCUT2D eigenvalue weighted by Crippen LogP contribution is 2.33. The number of thiophene rings is 1. The lowest BCUT2D eigenvalue weighted by molar-refractivity contribution is -0.122.